The van der Waals surface area contributed by atoms with Crippen LogP contribution in [0, 0.1) is 13.8 Å². The molecule has 3 heterocycles. The Labute approximate surface area is 136 Å². The lowest BCUT2D eigenvalue weighted by atomic mass is 10.0. The highest BCUT2D eigenvalue weighted by Gasteiger charge is 2.28. The van der Waals surface area contributed by atoms with E-state index in [4.69, 9.17) is 0 Å². The lowest BCUT2D eigenvalue weighted by molar-refractivity contribution is 0.0716. The summed E-state index contributed by atoms with van der Waals surface area (Å²) >= 11 is 0. The fourth-order valence-corrected chi connectivity index (χ4v) is 3.08. The van der Waals surface area contributed by atoms with Crippen molar-refractivity contribution in [3.8, 4) is 0 Å². The highest BCUT2D eigenvalue weighted by atomic mass is 16.2. The van der Waals surface area contributed by atoms with Crippen molar-refractivity contribution in [3.05, 3.63) is 41.3 Å². The number of nitrogens with zero attached hydrogens (tertiary/aromatic N) is 4. The second kappa shape index (κ2) is 6.40. The van der Waals surface area contributed by atoms with E-state index in [1.54, 1.807) is 0 Å². The largest absolute Gasteiger partial charge is 0.365 e. The summed E-state index contributed by atoms with van der Waals surface area (Å²) in [6.45, 7) is 5.61. The smallest absolute Gasteiger partial charge is 0.255 e. The Hall–Kier alpha value is -2.37. The number of hydrogen-bond donors (Lipinski definition) is 1. The number of carbonyl (C=O) groups excluding carboxylic acids is 1. The maximum Gasteiger partial charge on any atom is 0.255 e. The summed E-state index contributed by atoms with van der Waals surface area (Å²) in [5, 5.41) is 8.41. The maximum absolute atomic E-state index is 12.7. The second-order valence-corrected chi connectivity index (χ2v) is 6.21. The average molecular weight is 313 g/mol. The van der Waals surface area contributed by atoms with Gasteiger partial charge in [0.15, 0.2) is 5.82 Å². The molecule has 1 unspecified atom stereocenters. The summed E-state index contributed by atoms with van der Waals surface area (Å²) in [4.78, 5) is 19.8. The van der Waals surface area contributed by atoms with Gasteiger partial charge in [-0.3, -0.25) is 4.79 Å². The van der Waals surface area contributed by atoms with E-state index in [9.17, 15) is 4.79 Å². The first-order valence-corrected chi connectivity index (χ1v) is 8.02. The van der Waals surface area contributed by atoms with Crippen molar-refractivity contribution < 1.29 is 4.79 Å². The van der Waals surface area contributed by atoms with Gasteiger partial charge in [0.05, 0.1) is 11.3 Å². The maximum atomic E-state index is 12.7. The first kappa shape index (κ1) is 15.5. The summed E-state index contributed by atoms with van der Waals surface area (Å²) in [7, 11) is 1.89. The molecule has 23 heavy (non-hydrogen) atoms. The van der Waals surface area contributed by atoms with Crippen molar-refractivity contribution >= 4 is 11.7 Å². The van der Waals surface area contributed by atoms with Crippen LogP contribution in [0.2, 0.25) is 0 Å². The molecule has 1 aliphatic heterocycles. The third-order valence-corrected chi connectivity index (χ3v) is 4.56. The number of likely N-dealkylation sites (N-methyl/N-ethyl adjacent to an activating group) is 1. The highest BCUT2D eigenvalue weighted by Crippen LogP contribution is 2.21. The Morgan fingerprint density at radius 1 is 1.30 bits per heavy atom. The van der Waals surface area contributed by atoms with Crippen LogP contribution in [0.4, 0.5) is 5.82 Å². The van der Waals surface area contributed by atoms with Crippen LogP contribution in [-0.2, 0) is 0 Å². The molecule has 3 rings (SSSR count). The number of amides is 1. The fraction of sp³-hybridized carbons (Fsp3) is 0.471. The van der Waals surface area contributed by atoms with E-state index < -0.39 is 0 Å². The molecule has 2 aromatic rings. The van der Waals surface area contributed by atoms with Crippen LogP contribution in [0.3, 0.4) is 0 Å². The standard InChI is InChI=1S/C17H23N5O/c1-12-6-7-16(20-19-12)22-10-4-5-14(11-22)21(3)17(23)15-8-9-18-13(15)2/h6-9,14,18H,4-5,10-11H2,1-3H3. The van der Waals surface area contributed by atoms with Gasteiger partial charge in [0, 0.05) is 38.1 Å². The van der Waals surface area contributed by atoms with Gasteiger partial charge >= 0.3 is 0 Å². The van der Waals surface area contributed by atoms with Crippen molar-refractivity contribution in [2.24, 2.45) is 0 Å². The SMILES string of the molecule is Cc1ccc(N2CCCC(N(C)C(=O)c3cc[nH]c3C)C2)nn1. The van der Waals surface area contributed by atoms with Crippen molar-refractivity contribution in [1.29, 1.82) is 0 Å². The predicted octanol–water partition coefficient (Wildman–Crippen LogP) is 2.16. The molecule has 1 amide bonds. The molecule has 0 radical (unpaired) electrons. The van der Waals surface area contributed by atoms with Gasteiger partial charge < -0.3 is 14.8 Å². The number of piperidine rings is 1. The number of aryl methyl sites for hydroxylation is 2. The molecule has 1 N–H and O–H groups in total. The number of aromatic amines is 1. The molecule has 0 aliphatic carbocycles. The van der Waals surface area contributed by atoms with Crippen LogP contribution >= 0.6 is 0 Å². The van der Waals surface area contributed by atoms with E-state index in [2.05, 4.69) is 20.1 Å². The van der Waals surface area contributed by atoms with Crippen LogP contribution in [0.25, 0.3) is 0 Å². The first-order valence-electron chi connectivity index (χ1n) is 8.02. The number of rotatable bonds is 3. The Bertz CT molecular complexity index is 679. The van der Waals surface area contributed by atoms with Crippen molar-refractivity contribution in [3.63, 3.8) is 0 Å². The summed E-state index contributed by atoms with van der Waals surface area (Å²) in [5.41, 5.74) is 2.58. The van der Waals surface area contributed by atoms with Crippen molar-refractivity contribution in [2.75, 3.05) is 25.0 Å². The predicted molar refractivity (Wildman–Crippen MR) is 89.6 cm³/mol. The molecule has 1 atom stereocenters. The zero-order valence-electron chi connectivity index (χ0n) is 13.9. The number of carbonyl (C=O) groups is 1. The van der Waals surface area contributed by atoms with Gasteiger partial charge in [0.25, 0.3) is 5.91 Å². The highest BCUT2D eigenvalue weighted by molar-refractivity contribution is 5.95. The normalized spacial score (nSPS) is 18.0. The first-order chi connectivity index (χ1) is 11.1. The van der Waals surface area contributed by atoms with E-state index in [0.717, 1.165) is 48.7 Å². The molecule has 0 aromatic carbocycles. The monoisotopic (exact) mass is 313 g/mol. The lowest BCUT2D eigenvalue weighted by Gasteiger charge is -2.38. The number of aromatic nitrogens is 3. The number of hydrogen-bond acceptors (Lipinski definition) is 4. The van der Waals surface area contributed by atoms with Gasteiger partial charge in [-0.15, -0.1) is 5.10 Å². The molecule has 122 valence electrons. The second-order valence-electron chi connectivity index (χ2n) is 6.21. The minimum absolute atomic E-state index is 0.0746. The fourth-order valence-electron chi connectivity index (χ4n) is 3.08. The van der Waals surface area contributed by atoms with E-state index >= 15 is 0 Å². The zero-order valence-corrected chi connectivity index (χ0v) is 13.9. The Balaban J connectivity index is 1.71. The van der Waals surface area contributed by atoms with E-state index in [0.29, 0.717) is 0 Å². The molecule has 6 heteroatoms. The van der Waals surface area contributed by atoms with Crippen LogP contribution < -0.4 is 4.90 Å². The third-order valence-electron chi connectivity index (χ3n) is 4.56. The van der Waals surface area contributed by atoms with E-state index in [-0.39, 0.29) is 11.9 Å². The third kappa shape index (κ3) is 3.21. The van der Waals surface area contributed by atoms with Gasteiger partial charge in [0.2, 0.25) is 0 Å². The van der Waals surface area contributed by atoms with Crippen molar-refractivity contribution in [2.45, 2.75) is 32.7 Å². The quantitative estimate of drug-likeness (QED) is 0.943. The number of anilines is 1. The summed E-state index contributed by atoms with van der Waals surface area (Å²) in [5.74, 6) is 0.963. The molecule has 1 fully saturated rings. The van der Waals surface area contributed by atoms with Gasteiger partial charge in [-0.05, 0) is 44.9 Å². The van der Waals surface area contributed by atoms with Crippen LogP contribution in [0.15, 0.2) is 24.4 Å². The van der Waals surface area contributed by atoms with Gasteiger partial charge in [-0.25, -0.2) is 0 Å². The lowest BCUT2D eigenvalue weighted by Crippen LogP contribution is -2.49. The summed E-state index contributed by atoms with van der Waals surface area (Å²) in [6, 6.07) is 6.01. The molecule has 1 saturated heterocycles. The number of nitrogens with one attached hydrogen (secondary N) is 1. The minimum atomic E-state index is 0.0746. The van der Waals surface area contributed by atoms with Crippen LogP contribution in [0.1, 0.15) is 34.6 Å². The molecule has 0 saturated carbocycles. The van der Waals surface area contributed by atoms with Gasteiger partial charge in [-0.1, -0.05) is 0 Å². The molecule has 1 aliphatic rings. The van der Waals surface area contributed by atoms with Crippen LogP contribution in [-0.4, -0.2) is 52.2 Å². The Morgan fingerprint density at radius 2 is 2.13 bits per heavy atom. The molecule has 0 spiro atoms. The zero-order chi connectivity index (χ0) is 16.4. The molecule has 0 bridgehead atoms. The Morgan fingerprint density at radius 3 is 2.78 bits per heavy atom. The summed E-state index contributed by atoms with van der Waals surface area (Å²) in [6.07, 6.45) is 3.87. The topological polar surface area (TPSA) is 65.1 Å². The van der Waals surface area contributed by atoms with E-state index in [1.807, 2.05) is 50.2 Å². The summed E-state index contributed by atoms with van der Waals surface area (Å²) < 4.78 is 0. The average Bonchev–Trinajstić information content (AvgIpc) is 3.00. The van der Waals surface area contributed by atoms with Crippen LogP contribution in [0.5, 0.6) is 0 Å². The Kier molecular flexibility index (Phi) is 4.32. The molecule has 6 nitrogen and oxygen atoms in total. The molecular weight excluding hydrogens is 290 g/mol. The minimum Gasteiger partial charge on any atom is -0.365 e. The molecule has 2 aromatic heterocycles. The van der Waals surface area contributed by atoms with Gasteiger partial charge in [0.1, 0.15) is 0 Å². The number of H-pyrrole nitrogens is 1. The molecular formula is C17H23N5O. The van der Waals surface area contributed by atoms with Gasteiger partial charge in [-0.2, -0.15) is 5.10 Å². The van der Waals surface area contributed by atoms with E-state index in [1.165, 1.54) is 0 Å². The van der Waals surface area contributed by atoms with Crippen molar-refractivity contribution in [1.82, 2.24) is 20.1 Å².